The van der Waals surface area contributed by atoms with Gasteiger partial charge in [-0.1, -0.05) is 18.2 Å². The van der Waals surface area contributed by atoms with Gasteiger partial charge in [0.25, 0.3) is 0 Å². The Bertz CT molecular complexity index is 1160. The number of allylic oxidation sites excluding steroid dienone is 3. The average Bonchev–Trinajstić information content (AvgIpc) is 2.86. The first kappa shape index (κ1) is 23.4. The first-order chi connectivity index (χ1) is 16.5. The van der Waals surface area contributed by atoms with Crippen molar-refractivity contribution in [3.63, 3.8) is 0 Å². The van der Waals surface area contributed by atoms with E-state index < -0.39 is 11.9 Å². The van der Waals surface area contributed by atoms with Gasteiger partial charge in [-0.05, 0) is 55.2 Å². The van der Waals surface area contributed by atoms with Crippen LogP contribution in [0.4, 0.5) is 0 Å². The van der Waals surface area contributed by atoms with Crippen LogP contribution in [0.2, 0.25) is 0 Å². The maximum Gasteiger partial charge on any atom is 0.337 e. The van der Waals surface area contributed by atoms with Crippen LogP contribution in [0.5, 0.6) is 17.2 Å². The Kier molecular flexibility index (Phi) is 6.91. The van der Waals surface area contributed by atoms with E-state index >= 15 is 0 Å². The fraction of sp³-hybridized carbons (Fsp3) is 0.333. The Morgan fingerprint density at radius 3 is 2.38 bits per heavy atom. The zero-order valence-corrected chi connectivity index (χ0v) is 19.9. The van der Waals surface area contributed by atoms with Crippen LogP contribution < -0.4 is 19.5 Å². The number of rotatable bonds is 7. The molecule has 0 bridgehead atoms. The zero-order chi connectivity index (χ0) is 24.2. The molecule has 4 rings (SSSR count). The molecule has 1 atom stereocenters. The van der Waals surface area contributed by atoms with Crippen LogP contribution in [0.15, 0.2) is 65.0 Å². The Hall–Kier alpha value is -3.74. The van der Waals surface area contributed by atoms with Crippen LogP contribution in [0, 0.1) is 0 Å². The highest BCUT2D eigenvalue weighted by atomic mass is 16.5. The number of esters is 1. The van der Waals surface area contributed by atoms with Crippen molar-refractivity contribution in [2.75, 3.05) is 21.3 Å². The fourth-order valence-corrected chi connectivity index (χ4v) is 4.57. The number of hydrogen-bond acceptors (Lipinski definition) is 7. The van der Waals surface area contributed by atoms with E-state index in [-0.39, 0.29) is 12.4 Å². The Morgan fingerprint density at radius 2 is 1.71 bits per heavy atom. The molecule has 2 aliphatic rings. The minimum atomic E-state index is -0.549. The van der Waals surface area contributed by atoms with Gasteiger partial charge in [-0.15, -0.1) is 0 Å². The third kappa shape index (κ3) is 4.51. The van der Waals surface area contributed by atoms with Gasteiger partial charge >= 0.3 is 5.97 Å². The monoisotopic (exact) mass is 463 g/mol. The molecule has 0 saturated carbocycles. The van der Waals surface area contributed by atoms with Crippen LogP contribution >= 0.6 is 0 Å². The van der Waals surface area contributed by atoms with Crippen molar-refractivity contribution in [2.24, 2.45) is 0 Å². The van der Waals surface area contributed by atoms with Crippen LogP contribution in [0.1, 0.15) is 43.2 Å². The lowest BCUT2D eigenvalue weighted by Gasteiger charge is -2.34. The number of methoxy groups -OCH3 is 3. The highest BCUT2D eigenvalue weighted by Crippen LogP contribution is 2.44. The number of Topliss-reactive ketones (excluding diaryl/α,β-unsaturated/α-hetero) is 1. The molecular formula is C27H29NO6. The van der Waals surface area contributed by atoms with Crippen LogP contribution in [-0.2, 0) is 20.9 Å². The molecule has 0 fully saturated rings. The second kappa shape index (κ2) is 10.0. The van der Waals surface area contributed by atoms with Crippen LogP contribution in [-0.4, -0.2) is 33.1 Å². The number of carbonyl (C=O) groups excluding carboxylic acids is 2. The Morgan fingerprint density at radius 1 is 0.971 bits per heavy atom. The van der Waals surface area contributed by atoms with Crippen molar-refractivity contribution in [2.45, 2.75) is 38.7 Å². The van der Waals surface area contributed by atoms with E-state index in [0.717, 1.165) is 35.4 Å². The molecule has 1 N–H and O–H groups in total. The standard InChI is InChI=1S/C27H29NO6/c1-16-24(27(30)34-15-17-8-11-19(31-2)12-9-17)25(26-20(28-16)6-5-7-21(26)29)18-10-13-22(32-3)23(14-18)33-4/h8-14,25,28H,5-7,15H2,1-4H3/t25-/m1/s1. The maximum absolute atomic E-state index is 13.4. The van der Waals surface area contributed by atoms with E-state index in [9.17, 15) is 9.59 Å². The molecule has 7 heteroatoms. The summed E-state index contributed by atoms with van der Waals surface area (Å²) in [4.78, 5) is 26.5. The lowest BCUT2D eigenvalue weighted by molar-refractivity contribution is -0.140. The summed E-state index contributed by atoms with van der Waals surface area (Å²) < 4.78 is 21.8. The number of benzene rings is 2. The molecule has 0 radical (unpaired) electrons. The minimum Gasteiger partial charge on any atom is -0.497 e. The molecule has 0 unspecified atom stereocenters. The molecule has 7 nitrogen and oxygen atoms in total. The molecule has 2 aromatic rings. The molecule has 178 valence electrons. The summed E-state index contributed by atoms with van der Waals surface area (Å²) in [5.41, 5.74) is 4.23. The number of ether oxygens (including phenoxy) is 4. The number of ketones is 1. The van der Waals surface area contributed by atoms with Crippen molar-refractivity contribution >= 4 is 11.8 Å². The molecule has 1 aliphatic carbocycles. The van der Waals surface area contributed by atoms with E-state index in [1.807, 2.05) is 43.3 Å². The first-order valence-electron chi connectivity index (χ1n) is 11.2. The summed E-state index contributed by atoms with van der Waals surface area (Å²) in [5.74, 6) is 0.870. The molecule has 0 saturated heterocycles. The summed E-state index contributed by atoms with van der Waals surface area (Å²) >= 11 is 0. The lowest BCUT2D eigenvalue weighted by atomic mass is 9.75. The molecule has 1 heterocycles. The quantitative estimate of drug-likeness (QED) is 0.609. The minimum absolute atomic E-state index is 0.0430. The predicted molar refractivity (Wildman–Crippen MR) is 127 cm³/mol. The highest BCUT2D eigenvalue weighted by molar-refractivity contribution is 6.03. The van der Waals surface area contributed by atoms with Crippen molar-refractivity contribution in [3.05, 3.63) is 76.1 Å². The van der Waals surface area contributed by atoms with E-state index in [2.05, 4.69) is 5.32 Å². The molecule has 2 aromatic carbocycles. The largest absolute Gasteiger partial charge is 0.497 e. The SMILES string of the molecule is COc1ccc(COC(=O)C2=C(C)NC3=C(C(=O)CCC3)[C@@H]2c2ccc(OC)c(OC)c2)cc1. The third-order valence-electron chi connectivity index (χ3n) is 6.27. The Labute approximate surface area is 199 Å². The molecular weight excluding hydrogens is 434 g/mol. The van der Waals surface area contributed by atoms with E-state index in [4.69, 9.17) is 18.9 Å². The third-order valence-corrected chi connectivity index (χ3v) is 6.27. The Balaban J connectivity index is 1.70. The molecule has 0 amide bonds. The van der Waals surface area contributed by atoms with Gasteiger partial charge in [0, 0.05) is 29.3 Å². The predicted octanol–water partition coefficient (Wildman–Crippen LogP) is 4.42. The topological polar surface area (TPSA) is 83.1 Å². The molecule has 0 spiro atoms. The second-order valence-corrected chi connectivity index (χ2v) is 8.30. The number of nitrogens with one attached hydrogen (secondary N) is 1. The highest BCUT2D eigenvalue weighted by Gasteiger charge is 2.39. The summed E-state index contributed by atoms with van der Waals surface area (Å²) in [6.07, 6.45) is 2.00. The van der Waals surface area contributed by atoms with Gasteiger partial charge in [-0.2, -0.15) is 0 Å². The smallest absolute Gasteiger partial charge is 0.337 e. The molecule has 34 heavy (non-hydrogen) atoms. The summed E-state index contributed by atoms with van der Waals surface area (Å²) in [5, 5.41) is 3.31. The average molecular weight is 464 g/mol. The van der Waals surface area contributed by atoms with E-state index in [1.54, 1.807) is 27.4 Å². The van der Waals surface area contributed by atoms with Crippen LogP contribution in [0.25, 0.3) is 0 Å². The van der Waals surface area contributed by atoms with Crippen molar-refractivity contribution in [3.8, 4) is 17.2 Å². The normalized spacial score (nSPS) is 17.6. The van der Waals surface area contributed by atoms with E-state index in [0.29, 0.717) is 34.8 Å². The lowest BCUT2D eigenvalue weighted by Crippen LogP contribution is -2.34. The fourth-order valence-electron chi connectivity index (χ4n) is 4.57. The summed E-state index contributed by atoms with van der Waals surface area (Å²) in [6, 6.07) is 12.8. The van der Waals surface area contributed by atoms with Gasteiger partial charge < -0.3 is 24.3 Å². The van der Waals surface area contributed by atoms with Crippen LogP contribution in [0.3, 0.4) is 0 Å². The number of carbonyl (C=O) groups is 2. The zero-order valence-electron chi connectivity index (χ0n) is 19.9. The van der Waals surface area contributed by atoms with Gasteiger partial charge in [-0.25, -0.2) is 4.79 Å². The van der Waals surface area contributed by atoms with Gasteiger partial charge in [-0.3, -0.25) is 4.79 Å². The van der Waals surface area contributed by atoms with E-state index in [1.165, 1.54) is 0 Å². The van der Waals surface area contributed by atoms with Gasteiger partial charge in [0.15, 0.2) is 17.3 Å². The molecule has 0 aromatic heterocycles. The van der Waals surface area contributed by atoms with Gasteiger partial charge in [0.1, 0.15) is 12.4 Å². The number of hydrogen-bond donors (Lipinski definition) is 1. The first-order valence-corrected chi connectivity index (χ1v) is 11.2. The summed E-state index contributed by atoms with van der Waals surface area (Å²) in [7, 11) is 4.73. The van der Waals surface area contributed by atoms with Crippen molar-refractivity contribution < 1.29 is 28.5 Å². The summed E-state index contributed by atoms with van der Waals surface area (Å²) in [6.45, 7) is 1.96. The van der Waals surface area contributed by atoms with Gasteiger partial charge in [0.2, 0.25) is 0 Å². The number of dihydropyridines is 1. The van der Waals surface area contributed by atoms with Crippen molar-refractivity contribution in [1.82, 2.24) is 5.32 Å². The van der Waals surface area contributed by atoms with Crippen molar-refractivity contribution in [1.29, 1.82) is 0 Å². The van der Waals surface area contributed by atoms with Gasteiger partial charge in [0.05, 0.1) is 26.9 Å². The molecule has 1 aliphatic heterocycles. The maximum atomic E-state index is 13.4. The second-order valence-electron chi connectivity index (χ2n) is 8.30.